The number of carbonyl (C=O) groups is 2. The van der Waals surface area contributed by atoms with E-state index >= 15 is 9.59 Å². The number of carbonyl (C=O) groups excluding carboxylic acids is 2. The number of hydrogen-bond acceptors (Lipinski definition) is 7. The molecule has 12 heteroatoms. The highest BCUT2D eigenvalue weighted by Gasteiger charge is 2.34. The van der Waals surface area contributed by atoms with Crippen LogP contribution >= 0.6 is 11.6 Å². The Bertz CT molecular complexity index is 2590. The van der Waals surface area contributed by atoms with Gasteiger partial charge < -0.3 is 28.6 Å². The van der Waals surface area contributed by atoms with E-state index in [0.717, 1.165) is 102 Å². The van der Waals surface area contributed by atoms with Crippen LogP contribution in [0.4, 0.5) is 5.69 Å². The van der Waals surface area contributed by atoms with Crippen molar-refractivity contribution >= 4 is 40.0 Å². The van der Waals surface area contributed by atoms with E-state index in [-0.39, 0.29) is 24.1 Å². The average molecular weight is 841 g/mol. The minimum Gasteiger partial charge on any atom is -0.496 e. The molecule has 0 aliphatic carbocycles. The quantitative estimate of drug-likeness (QED) is 0.136. The number of halogens is 1. The zero-order valence-corrected chi connectivity index (χ0v) is 36.2. The van der Waals surface area contributed by atoms with Crippen LogP contribution in [0.25, 0.3) is 22.2 Å². The number of ether oxygens (including phenoxy) is 3. The smallest absolute Gasteiger partial charge is 0.260 e. The van der Waals surface area contributed by atoms with Crippen LogP contribution in [-0.2, 0) is 36.0 Å². The predicted octanol–water partition coefficient (Wildman–Crippen LogP) is 8.77. The van der Waals surface area contributed by atoms with E-state index in [9.17, 15) is 0 Å². The molecule has 2 amide bonds. The Hall–Kier alpha value is -5.46. The van der Waals surface area contributed by atoms with Crippen LogP contribution in [0.2, 0.25) is 5.02 Å². The topological polar surface area (TPSA) is 94.3 Å². The fourth-order valence-corrected chi connectivity index (χ4v) is 9.49. The lowest BCUT2D eigenvalue weighted by molar-refractivity contribution is -0.0366. The SMILES string of the molecule is COc1cccc(CN(C(=O)c2cc(-c3cc(Cl)ccc3C(=O)N3Cc4ccccc4CC3CN3CCOCC3)n(C)c2C)c2ccc3c(cnn3C3CCCCO3)c2)c1C. The van der Waals surface area contributed by atoms with Gasteiger partial charge in [0.15, 0.2) is 6.23 Å². The molecule has 0 radical (unpaired) electrons. The minimum absolute atomic E-state index is 0.0235. The molecule has 2 fully saturated rings. The van der Waals surface area contributed by atoms with Gasteiger partial charge in [0.25, 0.3) is 11.8 Å². The van der Waals surface area contributed by atoms with Crippen molar-refractivity contribution in [1.29, 1.82) is 0 Å². The van der Waals surface area contributed by atoms with Crippen molar-refractivity contribution in [2.75, 3.05) is 51.5 Å². The largest absolute Gasteiger partial charge is 0.496 e. The van der Waals surface area contributed by atoms with Gasteiger partial charge in [-0.2, -0.15) is 5.10 Å². The maximum atomic E-state index is 15.2. The molecule has 4 aromatic carbocycles. The summed E-state index contributed by atoms with van der Waals surface area (Å²) in [6, 6.07) is 27.8. The first kappa shape index (κ1) is 40.9. The van der Waals surface area contributed by atoms with E-state index < -0.39 is 0 Å². The zero-order chi connectivity index (χ0) is 42.2. The highest BCUT2D eigenvalue weighted by atomic mass is 35.5. The normalized spacial score (nSPS) is 18.3. The number of nitrogens with zero attached hydrogens (tertiary/aromatic N) is 6. The van der Waals surface area contributed by atoms with Gasteiger partial charge in [0, 0.05) is 84.5 Å². The minimum atomic E-state index is -0.169. The maximum Gasteiger partial charge on any atom is 0.260 e. The van der Waals surface area contributed by atoms with E-state index in [2.05, 4.69) is 23.1 Å². The molecule has 61 heavy (non-hydrogen) atoms. The number of amides is 2. The Kier molecular flexibility index (Phi) is 11.7. The summed E-state index contributed by atoms with van der Waals surface area (Å²) in [5.74, 6) is 0.528. The summed E-state index contributed by atoms with van der Waals surface area (Å²) in [5.41, 5.74) is 9.32. The van der Waals surface area contributed by atoms with Gasteiger partial charge in [0.1, 0.15) is 5.75 Å². The molecule has 11 nitrogen and oxygen atoms in total. The number of methoxy groups -OCH3 is 1. The Morgan fingerprint density at radius 1 is 0.918 bits per heavy atom. The Balaban J connectivity index is 1.09. The number of aromatic nitrogens is 3. The second kappa shape index (κ2) is 17.5. The van der Waals surface area contributed by atoms with E-state index in [1.54, 1.807) is 13.2 Å². The molecule has 3 aliphatic rings. The molecule has 2 unspecified atom stereocenters. The molecule has 316 valence electrons. The summed E-state index contributed by atoms with van der Waals surface area (Å²) in [4.78, 5) is 36.5. The molecule has 0 saturated carbocycles. The lowest BCUT2D eigenvalue weighted by Crippen LogP contribution is -2.52. The average Bonchev–Trinajstić information content (AvgIpc) is 3.85. The van der Waals surface area contributed by atoms with Crippen molar-refractivity contribution in [2.45, 2.75) is 64.9 Å². The fourth-order valence-electron chi connectivity index (χ4n) is 9.32. The van der Waals surface area contributed by atoms with Crippen molar-refractivity contribution in [3.63, 3.8) is 0 Å². The summed E-state index contributed by atoms with van der Waals surface area (Å²) in [6.07, 6.45) is 5.58. The van der Waals surface area contributed by atoms with Crippen LogP contribution in [0, 0.1) is 13.8 Å². The van der Waals surface area contributed by atoms with E-state index in [1.807, 2.05) is 107 Å². The number of benzene rings is 4. The van der Waals surface area contributed by atoms with Gasteiger partial charge in [-0.15, -0.1) is 0 Å². The van der Waals surface area contributed by atoms with Crippen molar-refractivity contribution in [1.82, 2.24) is 24.1 Å². The second-order valence-corrected chi connectivity index (χ2v) is 17.0. The monoisotopic (exact) mass is 840 g/mol. The summed E-state index contributed by atoms with van der Waals surface area (Å²) in [6.45, 7) is 9.34. The second-order valence-electron chi connectivity index (χ2n) is 16.5. The Labute approximate surface area is 362 Å². The van der Waals surface area contributed by atoms with Crippen molar-refractivity contribution in [2.24, 2.45) is 7.05 Å². The summed E-state index contributed by atoms with van der Waals surface area (Å²) in [5, 5.41) is 6.17. The van der Waals surface area contributed by atoms with Crippen LogP contribution in [0.1, 0.15) is 74.2 Å². The third-order valence-electron chi connectivity index (χ3n) is 13.0. The number of rotatable bonds is 10. The zero-order valence-electron chi connectivity index (χ0n) is 35.4. The van der Waals surface area contributed by atoms with Crippen LogP contribution in [0.5, 0.6) is 5.75 Å². The number of fused-ring (bicyclic) bond motifs is 2. The molecule has 9 rings (SSSR count). The maximum absolute atomic E-state index is 15.2. The van der Waals surface area contributed by atoms with Crippen LogP contribution in [0.3, 0.4) is 0 Å². The molecule has 0 N–H and O–H groups in total. The summed E-state index contributed by atoms with van der Waals surface area (Å²) >= 11 is 6.75. The first-order valence-corrected chi connectivity index (χ1v) is 21.7. The molecule has 0 spiro atoms. The van der Waals surface area contributed by atoms with E-state index in [1.165, 1.54) is 5.56 Å². The van der Waals surface area contributed by atoms with Gasteiger partial charge in [-0.05, 0) is 110 Å². The Morgan fingerprint density at radius 2 is 1.74 bits per heavy atom. The highest BCUT2D eigenvalue weighted by molar-refractivity contribution is 6.31. The van der Waals surface area contributed by atoms with Gasteiger partial charge in [-0.3, -0.25) is 14.5 Å². The van der Waals surface area contributed by atoms with Crippen LogP contribution in [-0.4, -0.2) is 88.6 Å². The molecule has 5 heterocycles. The Morgan fingerprint density at radius 3 is 2.52 bits per heavy atom. The summed E-state index contributed by atoms with van der Waals surface area (Å²) in [7, 11) is 3.61. The van der Waals surface area contributed by atoms with E-state index in [4.69, 9.17) is 30.9 Å². The molecule has 2 atom stereocenters. The number of anilines is 1. The summed E-state index contributed by atoms with van der Waals surface area (Å²) < 4.78 is 21.4. The lowest BCUT2D eigenvalue weighted by Gasteiger charge is -2.40. The molecular formula is C49H53ClN6O5. The third-order valence-corrected chi connectivity index (χ3v) is 13.2. The fraction of sp³-hybridized carbons (Fsp3) is 0.367. The van der Waals surface area contributed by atoms with Crippen molar-refractivity contribution in [3.8, 4) is 17.0 Å². The van der Waals surface area contributed by atoms with Crippen LogP contribution < -0.4 is 9.64 Å². The molecule has 2 aromatic heterocycles. The van der Waals surface area contributed by atoms with Crippen LogP contribution in [0.15, 0.2) is 91.1 Å². The lowest BCUT2D eigenvalue weighted by atomic mass is 9.92. The first-order valence-electron chi connectivity index (χ1n) is 21.4. The number of morpholine rings is 1. The van der Waals surface area contributed by atoms with Gasteiger partial charge in [-0.1, -0.05) is 48.0 Å². The standard InChI is InChI=1S/C49H53ClN6O5/c1-32-35(12-9-13-46(32)59-4)29-54(39-16-18-44-37(25-39)28-51-56(44)47-14-7-8-21-61-47)49(58)42-27-45(52(3)33(42)2)43-26-38(50)15-17-41(43)48(57)55-30-36-11-6-5-10-34(36)24-40(55)31-53-19-22-60-23-20-53/h5-6,9-13,15-18,25-28,40,47H,7-8,14,19-24,29-31H2,1-4H3. The van der Waals surface area contributed by atoms with Crippen molar-refractivity contribution < 1.29 is 23.8 Å². The van der Waals surface area contributed by atoms with Gasteiger partial charge in [-0.25, -0.2) is 4.68 Å². The molecule has 2 saturated heterocycles. The highest BCUT2D eigenvalue weighted by Crippen LogP contribution is 2.36. The predicted molar refractivity (Wildman–Crippen MR) is 238 cm³/mol. The molecule has 0 bridgehead atoms. The van der Waals surface area contributed by atoms with Crippen molar-refractivity contribution in [3.05, 3.63) is 135 Å². The first-order chi connectivity index (χ1) is 29.7. The third kappa shape index (κ3) is 8.08. The molecular weight excluding hydrogens is 788 g/mol. The van der Waals surface area contributed by atoms with Gasteiger partial charge in [0.2, 0.25) is 0 Å². The van der Waals surface area contributed by atoms with Gasteiger partial charge in [0.05, 0.1) is 44.1 Å². The van der Waals surface area contributed by atoms with E-state index in [0.29, 0.717) is 48.0 Å². The molecule has 6 aromatic rings. The van der Waals surface area contributed by atoms with Gasteiger partial charge >= 0.3 is 0 Å². The number of hydrogen-bond donors (Lipinski definition) is 0. The molecule has 3 aliphatic heterocycles.